The first-order valence-electron chi connectivity index (χ1n) is 7.66. The van der Waals surface area contributed by atoms with Crippen molar-refractivity contribution >= 4 is 17.5 Å². The van der Waals surface area contributed by atoms with Crippen LogP contribution in [0.2, 0.25) is 5.02 Å². The maximum absolute atomic E-state index is 12.6. The summed E-state index contributed by atoms with van der Waals surface area (Å²) < 4.78 is 5.42. The van der Waals surface area contributed by atoms with Crippen LogP contribution < -0.4 is 0 Å². The lowest BCUT2D eigenvalue weighted by Gasteiger charge is -2.22. The molecule has 0 aliphatic carbocycles. The second-order valence-electron chi connectivity index (χ2n) is 5.62. The zero-order chi connectivity index (χ0) is 15.5. The third-order valence-electron chi connectivity index (χ3n) is 4.11. The second kappa shape index (κ2) is 6.53. The molecule has 0 bridgehead atoms. The molecule has 1 atom stereocenters. The van der Waals surface area contributed by atoms with E-state index >= 15 is 0 Å². The van der Waals surface area contributed by atoms with E-state index < -0.39 is 0 Å². The number of likely N-dealkylation sites (tertiary alicyclic amines) is 1. The molecular formula is C17H19ClN2O2. The van der Waals surface area contributed by atoms with Crippen molar-refractivity contribution in [3.05, 3.63) is 52.4 Å². The fraction of sp³-hybridized carbons (Fsp3) is 0.412. The van der Waals surface area contributed by atoms with Crippen LogP contribution in [0.3, 0.4) is 0 Å². The molecular weight excluding hydrogens is 300 g/mol. The van der Waals surface area contributed by atoms with Gasteiger partial charge in [-0.2, -0.15) is 0 Å². The minimum Gasteiger partial charge on any atom is -0.359 e. The Labute approximate surface area is 135 Å². The van der Waals surface area contributed by atoms with E-state index in [1.807, 2.05) is 42.2 Å². The van der Waals surface area contributed by atoms with Crippen molar-refractivity contribution in [1.82, 2.24) is 10.1 Å². The number of carbonyl (C=O) groups excluding carboxylic acids is 1. The molecule has 1 aliphatic heterocycles. The largest absolute Gasteiger partial charge is 0.359 e. The van der Waals surface area contributed by atoms with Crippen molar-refractivity contribution in [3.8, 4) is 0 Å². The van der Waals surface area contributed by atoms with E-state index in [9.17, 15) is 4.79 Å². The molecule has 1 fully saturated rings. The normalized spacial score (nSPS) is 17.9. The predicted octanol–water partition coefficient (Wildman–Crippen LogP) is 3.80. The number of aryl methyl sites for hydroxylation is 1. The molecule has 0 radical (unpaired) electrons. The van der Waals surface area contributed by atoms with Crippen LogP contribution in [-0.2, 0) is 17.6 Å². The van der Waals surface area contributed by atoms with Gasteiger partial charge in [-0.3, -0.25) is 4.79 Å². The van der Waals surface area contributed by atoms with Gasteiger partial charge < -0.3 is 9.42 Å². The molecule has 1 aromatic heterocycles. The van der Waals surface area contributed by atoms with E-state index in [4.69, 9.17) is 16.1 Å². The van der Waals surface area contributed by atoms with E-state index in [1.165, 1.54) is 0 Å². The van der Waals surface area contributed by atoms with Gasteiger partial charge in [-0.25, -0.2) is 0 Å². The number of rotatable bonds is 4. The first-order valence-corrected chi connectivity index (χ1v) is 8.04. The first kappa shape index (κ1) is 15.1. The maximum Gasteiger partial charge on any atom is 0.227 e. The van der Waals surface area contributed by atoms with Gasteiger partial charge >= 0.3 is 0 Å². The van der Waals surface area contributed by atoms with E-state index in [0.29, 0.717) is 11.4 Å². The summed E-state index contributed by atoms with van der Waals surface area (Å²) in [5.74, 6) is 0.929. The average molecular weight is 319 g/mol. The zero-order valence-corrected chi connectivity index (χ0v) is 13.3. The molecule has 3 rings (SSSR count). The number of halogens is 1. The van der Waals surface area contributed by atoms with Crippen LogP contribution in [0.5, 0.6) is 0 Å². The third kappa shape index (κ3) is 3.17. The van der Waals surface area contributed by atoms with Crippen LogP contribution in [0, 0.1) is 0 Å². The Hall–Kier alpha value is -1.81. The molecule has 5 heteroatoms. The molecule has 1 saturated heterocycles. The molecule has 1 aliphatic rings. The van der Waals surface area contributed by atoms with Crippen molar-refractivity contribution in [2.75, 3.05) is 6.54 Å². The lowest BCUT2D eigenvalue weighted by atomic mass is 10.1. The summed E-state index contributed by atoms with van der Waals surface area (Å²) in [7, 11) is 0. The molecule has 22 heavy (non-hydrogen) atoms. The Bertz CT molecular complexity index is 651. The highest BCUT2D eigenvalue weighted by Gasteiger charge is 2.32. The number of nitrogens with zero attached hydrogens (tertiary/aromatic N) is 2. The summed E-state index contributed by atoms with van der Waals surface area (Å²) >= 11 is 5.88. The highest BCUT2D eigenvalue weighted by Crippen LogP contribution is 2.32. The number of carbonyl (C=O) groups is 1. The molecule has 0 saturated carbocycles. The van der Waals surface area contributed by atoms with E-state index in [0.717, 1.165) is 42.8 Å². The quantitative estimate of drug-likeness (QED) is 0.861. The Kier molecular flexibility index (Phi) is 4.48. The van der Waals surface area contributed by atoms with Gasteiger partial charge in [0.15, 0.2) is 5.76 Å². The minimum atomic E-state index is 0.0209. The first-order chi connectivity index (χ1) is 10.7. The van der Waals surface area contributed by atoms with Gasteiger partial charge in [-0.1, -0.05) is 35.8 Å². The number of hydrogen-bond donors (Lipinski definition) is 0. The molecule has 0 unspecified atom stereocenters. The Morgan fingerprint density at radius 3 is 2.86 bits per heavy atom. The lowest BCUT2D eigenvalue weighted by Crippen LogP contribution is -2.31. The van der Waals surface area contributed by atoms with Crippen molar-refractivity contribution in [1.29, 1.82) is 0 Å². The maximum atomic E-state index is 12.6. The molecule has 0 N–H and O–H groups in total. The lowest BCUT2D eigenvalue weighted by molar-refractivity contribution is -0.131. The third-order valence-corrected chi connectivity index (χ3v) is 4.36. The van der Waals surface area contributed by atoms with Crippen LogP contribution in [0.1, 0.15) is 42.8 Å². The SMILES string of the molecule is CCc1cc([C@H]2CCCN2C(=O)Cc2ccc(Cl)cc2)on1. The molecule has 1 amide bonds. The van der Waals surface area contributed by atoms with Gasteiger partial charge in [0, 0.05) is 17.6 Å². The summed E-state index contributed by atoms with van der Waals surface area (Å²) in [5, 5.41) is 4.72. The predicted molar refractivity (Wildman–Crippen MR) is 84.7 cm³/mol. The second-order valence-corrected chi connectivity index (χ2v) is 6.06. The number of hydrogen-bond acceptors (Lipinski definition) is 3. The number of benzene rings is 1. The van der Waals surface area contributed by atoms with Crippen LogP contribution in [0.4, 0.5) is 0 Å². The van der Waals surface area contributed by atoms with Crippen molar-refractivity contribution in [3.63, 3.8) is 0 Å². The van der Waals surface area contributed by atoms with Crippen LogP contribution in [0.15, 0.2) is 34.9 Å². The van der Waals surface area contributed by atoms with Gasteiger partial charge in [0.2, 0.25) is 5.91 Å². The average Bonchev–Trinajstić information content (AvgIpc) is 3.17. The van der Waals surface area contributed by atoms with Crippen LogP contribution in [0.25, 0.3) is 0 Å². The summed E-state index contributed by atoms with van der Waals surface area (Å²) in [6, 6.07) is 9.42. The van der Waals surface area contributed by atoms with Gasteiger partial charge in [0.05, 0.1) is 18.2 Å². The summed E-state index contributed by atoms with van der Waals surface area (Å²) in [6.45, 7) is 2.82. The Morgan fingerprint density at radius 2 is 2.18 bits per heavy atom. The van der Waals surface area contributed by atoms with E-state index in [1.54, 1.807) is 0 Å². The smallest absolute Gasteiger partial charge is 0.227 e. The van der Waals surface area contributed by atoms with Gasteiger partial charge in [0.25, 0.3) is 0 Å². The highest BCUT2D eigenvalue weighted by atomic mass is 35.5. The fourth-order valence-corrected chi connectivity index (χ4v) is 3.02. The van der Waals surface area contributed by atoms with Crippen molar-refractivity contribution < 1.29 is 9.32 Å². The van der Waals surface area contributed by atoms with E-state index in [-0.39, 0.29) is 11.9 Å². The van der Waals surface area contributed by atoms with Crippen LogP contribution in [-0.4, -0.2) is 22.5 Å². The van der Waals surface area contributed by atoms with Gasteiger partial charge in [-0.05, 0) is 37.0 Å². The minimum absolute atomic E-state index is 0.0209. The van der Waals surface area contributed by atoms with Gasteiger partial charge in [0.1, 0.15) is 0 Å². The Balaban J connectivity index is 1.72. The standard InChI is InChI=1S/C17H19ClN2O2/c1-2-14-11-16(22-19-14)15-4-3-9-20(15)17(21)10-12-5-7-13(18)8-6-12/h5-8,11,15H,2-4,9-10H2,1H3/t15-/m1/s1. The van der Waals surface area contributed by atoms with Crippen LogP contribution >= 0.6 is 11.6 Å². The fourth-order valence-electron chi connectivity index (χ4n) is 2.89. The summed E-state index contributed by atoms with van der Waals surface area (Å²) in [6.07, 6.45) is 3.17. The summed E-state index contributed by atoms with van der Waals surface area (Å²) in [4.78, 5) is 14.5. The number of aromatic nitrogens is 1. The molecule has 1 aromatic carbocycles. The molecule has 2 heterocycles. The Morgan fingerprint density at radius 1 is 1.41 bits per heavy atom. The van der Waals surface area contributed by atoms with Crippen molar-refractivity contribution in [2.45, 2.75) is 38.6 Å². The highest BCUT2D eigenvalue weighted by molar-refractivity contribution is 6.30. The zero-order valence-electron chi connectivity index (χ0n) is 12.6. The van der Waals surface area contributed by atoms with E-state index in [2.05, 4.69) is 5.16 Å². The molecule has 0 spiro atoms. The van der Waals surface area contributed by atoms with Crippen molar-refractivity contribution in [2.24, 2.45) is 0 Å². The topological polar surface area (TPSA) is 46.3 Å². The number of amides is 1. The molecule has 2 aromatic rings. The molecule has 116 valence electrons. The monoisotopic (exact) mass is 318 g/mol. The molecule has 4 nitrogen and oxygen atoms in total. The summed E-state index contributed by atoms with van der Waals surface area (Å²) in [5.41, 5.74) is 1.92. The van der Waals surface area contributed by atoms with Gasteiger partial charge in [-0.15, -0.1) is 0 Å².